The number of ketones is 1. The Hall–Kier alpha value is -3.81. The molecular formula is C25H27F2N5O. The number of allylic oxidation sites excluding steroid dienone is 3. The van der Waals surface area contributed by atoms with Crippen LogP contribution in [0, 0.1) is 17.7 Å². The topological polar surface area (TPSA) is 92.1 Å². The summed E-state index contributed by atoms with van der Waals surface area (Å²) in [5.74, 6) is -3.21. The highest BCUT2D eigenvalue weighted by Gasteiger charge is 2.35. The maximum Gasteiger partial charge on any atom is 0.265 e. The number of alkyl halides is 2. The molecule has 1 saturated heterocycles. The predicted octanol–water partition coefficient (Wildman–Crippen LogP) is 5.39. The van der Waals surface area contributed by atoms with Crippen molar-refractivity contribution in [2.45, 2.75) is 25.7 Å². The molecular weight excluding hydrogens is 424 g/mol. The molecule has 172 valence electrons. The van der Waals surface area contributed by atoms with E-state index in [0.29, 0.717) is 18.7 Å². The van der Waals surface area contributed by atoms with Crippen molar-refractivity contribution in [2.75, 3.05) is 28.6 Å². The lowest BCUT2D eigenvalue weighted by Gasteiger charge is -2.34. The van der Waals surface area contributed by atoms with Gasteiger partial charge in [-0.05, 0) is 55.3 Å². The number of carbonyl (C=O) groups excluding carboxylic acids is 1. The van der Waals surface area contributed by atoms with E-state index in [0.717, 1.165) is 23.2 Å². The zero-order valence-electron chi connectivity index (χ0n) is 18.4. The van der Waals surface area contributed by atoms with Gasteiger partial charge in [0.05, 0.1) is 12.2 Å². The van der Waals surface area contributed by atoms with Crippen LogP contribution in [0.15, 0.2) is 72.6 Å². The third-order valence-electron chi connectivity index (χ3n) is 5.26. The van der Waals surface area contributed by atoms with Crippen LogP contribution in [-0.4, -0.2) is 36.7 Å². The number of nitrogens with zero attached hydrogens (tertiary/aromatic N) is 1. The van der Waals surface area contributed by atoms with Crippen molar-refractivity contribution in [3.63, 3.8) is 0 Å². The molecule has 4 N–H and O–H groups in total. The van der Waals surface area contributed by atoms with Crippen LogP contribution in [0.25, 0.3) is 0 Å². The Morgan fingerprint density at radius 1 is 1.18 bits per heavy atom. The summed E-state index contributed by atoms with van der Waals surface area (Å²) < 4.78 is 27.4. The van der Waals surface area contributed by atoms with Gasteiger partial charge in [-0.2, -0.15) is 0 Å². The molecule has 2 aromatic carbocycles. The Morgan fingerprint density at radius 2 is 1.94 bits per heavy atom. The molecule has 0 saturated carbocycles. The summed E-state index contributed by atoms with van der Waals surface area (Å²) in [6.45, 7) is 2.18. The predicted molar refractivity (Wildman–Crippen MR) is 130 cm³/mol. The number of rotatable bonds is 9. The third-order valence-corrected chi connectivity index (χ3v) is 5.26. The van der Waals surface area contributed by atoms with Crippen LogP contribution in [0.1, 0.15) is 18.4 Å². The maximum atomic E-state index is 13.7. The Morgan fingerprint density at radius 3 is 2.61 bits per heavy atom. The third kappa shape index (κ3) is 6.58. The largest absolute Gasteiger partial charge is 0.365 e. The quantitative estimate of drug-likeness (QED) is 0.304. The second kappa shape index (κ2) is 10.7. The van der Waals surface area contributed by atoms with Gasteiger partial charge in [-0.3, -0.25) is 10.2 Å². The number of piperidine rings is 1. The molecule has 0 amide bonds. The first kappa shape index (κ1) is 23.8. The van der Waals surface area contributed by atoms with E-state index >= 15 is 0 Å². The lowest BCUT2D eigenvalue weighted by molar-refractivity contribution is -0.108. The number of aryl methyl sites for hydroxylation is 1. The van der Waals surface area contributed by atoms with Crippen LogP contribution < -0.4 is 15.5 Å². The molecule has 0 atom stereocenters. The molecule has 6 nitrogen and oxygen atoms in total. The molecule has 33 heavy (non-hydrogen) atoms. The summed E-state index contributed by atoms with van der Waals surface area (Å²) >= 11 is 0. The van der Waals surface area contributed by atoms with Gasteiger partial charge in [-0.25, -0.2) is 8.78 Å². The van der Waals surface area contributed by atoms with Gasteiger partial charge >= 0.3 is 0 Å². The average Bonchev–Trinajstić information content (AvgIpc) is 2.79. The first-order valence-electron chi connectivity index (χ1n) is 10.6. The van der Waals surface area contributed by atoms with Gasteiger partial charge in [0, 0.05) is 48.5 Å². The first-order valence-corrected chi connectivity index (χ1v) is 10.6. The Kier molecular flexibility index (Phi) is 7.71. The highest BCUT2D eigenvalue weighted by atomic mass is 19.3. The summed E-state index contributed by atoms with van der Waals surface area (Å²) in [5, 5.41) is 21.5. The van der Waals surface area contributed by atoms with E-state index < -0.39 is 11.7 Å². The molecule has 2 aromatic rings. The SMILES string of the molecule is Cc1cc(N2CCCC(F)(F)C2)ccc1N/C=C\C(=O)C(=N)/C(=C/C=N)Nc1ccccc1. The lowest BCUT2D eigenvalue weighted by atomic mass is 10.1. The number of anilines is 3. The van der Waals surface area contributed by atoms with Crippen molar-refractivity contribution in [3.8, 4) is 0 Å². The van der Waals surface area contributed by atoms with Crippen LogP contribution >= 0.6 is 0 Å². The van der Waals surface area contributed by atoms with Gasteiger partial charge in [0.15, 0.2) is 0 Å². The van der Waals surface area contributed by atoms with Crippen molar-refractivity contribution >= 4 is 34.8 Å². The summed E-state index contributed by atoms with van der Waals surface area (Å²) in [7, 11) is 0. The summed E-state index contributed by atoms with van der Waals surface area (Å²) in [4.78, 5) is 14.2. The molecule has 0 unspecified atom stereocenters. The van der Waals surface area contributed by atoms with Gasteiger partial charge in [-0.15, -0.1) is 0 Å². The molecule has 1 aliphatic heterocycles. The Labute approximate surface area is 192 Å². The van der Waals surface area contributed by atoms with Crippen LogP contribution in [0.3, 0.4) is 0 Å². The number of carbonyl (C=O) groups is 1. The maximum absolute atomic E-state index is 13.7. The Balaban J connectivity index is 1.62. The van der Waals surface area contributed by atoms with Crippen LogP contribution in [0.4, 0.5) is 25.8 Å². The minimum Gasteiger partial charge on any atom is -0.365 e. The molecule has 0 radical (unpaired) electrons. The zero-order chi connectivity index (χ0) is 23.8. The second-order valence-electron chi connectivity index (χ2n) is 7.84. The van der Waals surface area contributed by atoms with E-state index in [4.69, 9.17) is 10.8 Å². The molecule has 1 aliphatic rings. The van der Waals surface area contributed by atoms with E-state index in [1.807, 2.05) is 31.2 Å². The van der Waals surface area contributed by atoms with Gasteiger partial charge in [0.2, 0.25) is 5.78 Å². The van der Waals surface area contributed by atoms with Crippen molar-refractivity contribution in [1.29, 1.82) is 10.8 Å². The van der Waals surface area contributed by atoms with E-state index in [1.165, 1.54) is 18.4 Å². The summed E-state index contributed by atoms with van der Waals surface area (Å²) in [6, 6.07) is 14.5. The van der Waals surface area contributed by atoms with Gasteiger partial charge < -0.3 is 20.9 Å². The van der Waals surface area contributed by atoms with Crippen molar-refractivity contribution in [1.82, 2.24) is 0 Å². The fourth-order valence-corrected chi connectivity index (χ4v) is 3.56. The molecule has 1 fully saturated rings. The number of benzene rings is 2. The minimum atomic E-state index is -2.67. The molecule has 8 heteroatoms. The van der Waals surface area contributed by atoms with E-state index in [-0.39, 0.29) is 24.4 Å². The van der Waals surface area contributed by atoms with Crippen LogP contribution in [-0.2, 0) is 4.79 Å². The Bertz CT molecular complexity index is 1080. The highest BCUT2D eigenvalue weighted by Crippen LogP contribution is 2.31. The normalized spacial score (nSPS) is 15.8. The number of hydrogen-bond acceptors (Lipinski definition) is 6. The summed E-state index contributed by atoms with van der Waals surface area (Å²) in [6.07, 6.45) is 5.42. The fourth-order valence-electron chi connectivity index (χ4n) is 3.56. The smallest absolute Gasteiger partial charge is 0.265 e. The summed E-state index contributed by atoms with van der Waals surface area (Å²) in [5.41, 5.74) is 2.96. The minimum absolute atomic E-state index is 0.0758. The number of para-hydroxylation sites is 1. The van der Waals surface area contributed by atoms with Crippen molar-refractivity contribution in [2.24, 2.45) is 0 Å². The number of nitrogens with one attached hydrogen (secondary N) is 4. The monoisotopic (exact) mass is 451 g/mol. The molecule has 0 spiro atoms. The van der Waals surface area contributed by atoms with Gasteiger partial charge in [0.1, 0.15) is 5.71 Å². The molecule has 0 aromatic heterocycles. The standard InChI is InChI=1S/C25H27F2N5O/c1-18-16-20(32-15-5-12-25(26,27)17-32)8-9-21(18)30-14-11-23(33)24(29)22(10-13-28)31-19-6-3-2-4-7-19/h2-4,6-11,13-14,16,28-31H,5,12,15,17H2,1H3/b14-11-,22-10-,28-13?,29-24?. The second-order valence-corrected chi connectivity index (χ2v) is 7.84. The first-order chi connectivity index (χ1) is 15.8. The molecule has 0 bridgehead atoms. The molecule has 3 rings (SSSR count). The highest BCUT2D eigenvalue weighted by molar-refractivity contribution is 6.49. The zero-order valence-corrected chi connectivity index (χ0v) is 18.4. The van der Waals surface area contributed by atoms with Crippen LogP contribution in [0.5, 0.6) is 0 Å². The van der Waals surface area contributed by atoms with Crippen molar-refractivity contribution < 1.29 is 13.6 Å². The fraction of sp³-hybridized carbons (Fsp3) is 0.240. The number of halogens is 2. The molecule has 0 aliphatic carbocycles. The molecule has 1 heterocycles. The van der Waals surface area contributed by atoms with E-state index in [9.17, 15) is 13.6 Å². The van der Waals surface area contributed by atoms with E-state index in [1.54, 1.807) is 29.2 Å². The van der Waals surface area contributed by atoms with E-state index in [2.05, 4.69) is 10.6 Å². The van der Waals surface area contributed by atoms with Crippen molar-refractivity contribution in [3.05, 3.63) is 78.1 Å². The average molecular weight is 452 g/mol. The van der Waals surface area contributed by atoms with Gasteiger partial charge in [0.25, 0.3) is 5.92 Å². The van der Waals surface area contributed by atoms with Crippen LogP contribution in [0.2, 0.25) is 0 Å². The van der Waals surface area contributed by atoms with Gasteiger partial charge in [-0.1, -0.05) is 18.2 Å². The lowest BCUT2D eigenvalue weighted by Crippen LogP contribution is -2.42. The number of hydrogen-bond donors (Lipinski definition) is 4.